The summed E-state index contributed by atoms with van der Waals surface area (Å²) in [7, 11) is 3.72. The Bertz CT molecular complexity index is 529. The van der Waals surface area contributed by atoms with Gasteiger partial charge in [0.2, 0.25) is 5.91 Å². The summed E-state index contributed by atoms with van der Waals surface area (Å²) in [6.45, 7) is 6.47. The Balaban J connectivity index is 0.00000288. The maximum atomic E-state index is 12.9. The molecule has 0 unspecified atom stereocenters. The highest BCUT2D eigenvalue weighted by atomic mass is 35.5. The first-order valence-corrected chi connectivity index (χ1v) is 8.32. The molecule has 0 aliphatic carbocycles. The van der Waals surface area contributed by atoms with Crippen LogP contribution >= 0.6 is 24.8 Å². The van der Waals surface area contributed by atoms with Crippen molar-refractivity contribution in [3.05, 3.63) is 24.3 Å². The average Bonchev–Trinajstić information content (AvgIpc) is 2.55. The van der Waals surface area contributed by atoms with Gasteiger partial charge < -0.3 is 20.3 Å². The highest BCUT2D eigenvalue weighted by molar-refractivity contribution is 5.96. The molecule has 0 aromatic heterocycles. The quantitative estimate of drug-likeness (QED) is 0.780. The first kappa shape index (κ1) is 24.0. The van der Waals surface area contributed by atoms with E-state index >= 15 is 0 Å². The number of benzene rings is 1. The van der Waals surface area contributed by atoms with Crippen molar-refractivity contribution < 1.29 is 9.53 Å². The molecular weight excluding hydrogens is 361 g/mol. The van der Waals surface area contributed by atoms with Crippen molar-refractivity contribution in [2.75, 3.05) is 44.1 Å². The van der Waals surface area contributed by atoms with E-state index in [1.54, 1.807) is 7.11 Å². The highest BCUT2D eigenvalue weighted by Crippen LogP contribution is 2.31. The first-order chi connectivity index (χ1) is 11.0. The van der Waals surface area contributed by atoms with E-state index < -0.39 is 5.41 Å². The molecule has 1 aliphatic rings. The summed E-state index contributed by atoms with van der Waals surface area (Å²) in [5.74, 6) is 0.0604. The predicted octanol–water partition coefficient (Wildman–Crippen LogP) is 3.33. The predicted molar refractivity (Wildman–Crippen MR) is 110 cm³/mol. The molecular formula is C18H31Cl2N3O2. The van der Waals surface area contributed by atoms with Crippen molar-refractivity contribution in [3.63, 3.8) is 0 Å². The van der Waals surface area contributed by atoms with Gasteiger partial charge in [0.05, 0.1) is 12.0 Å². The lowest BCUT2D eigenvalue weighted by atomic mass is 9.78. The molecule has 7 heteroatoms. The molecule has 1 fully saturated rings. The molecule has 1 amide bonds. The number of nitrogens with one attached hydrogen (secondary N) is 2. The van der Waals surface area contributed by atoms with Crippen LogP contribution in [0.1, 0.15) is 26.7 Å². The number of hydrogen-bond acceptors (Lipinski definition) is 4. The topological polar surface area (TPSA) is 53.6 Å². The number of piperidine rings is 1. The Labute approximate surface area is 163 Å². The molecule has 0 saturated carbocycles. The molecule has 5 nitrogen and oxygen atoms in total. The average molecular weight is 392 g/mol. The van der Waals surface area contributed by atoms with Crippen LogP contribution in [0.4, 0.5) is 11.4 Å². The fourth-order valence-corrected chi connectivity index (χ4v) is 2.98. The molecule has 2 rings (SSSR count). The Morgan fingerprint density at radius 3 is 2.52 bits per heavy atom. The molecule has 1 aromatic rings. The van der Waals surface area contributed by atoms with E-state index in [0.29, 0.717) is 12.6 Å². The van der Waals surface area contributed by atoms with Gasteiger partial charge in [0, 0.05) is 31.6 Å². The molecule has 25 heavy (non-hydrogen) atoms. The van der Waals surface area contributed by atoms with Crippen molar-refractivity contribution in [2.24, 2.45) is 5.41 Å². The standard InChI is InChI=1S/C18H29N3O2.2ClH/c1-14(2)21(3)16-7-5-6-15(12-16)20-17(22)18(13-23-4)8-10-19-11-9-18;;/h5-7,12,14,19H,8-11,13H2,1-4H3,(H,20,22);2*1H. The molecule has 0 atom stereocenters. The molecule has 2 N–H and O–H groups in total. The summed E-state index contributed by atoms with van der Waals surface area (Å²) in [6, 6.07) is 8.42. The van der Waals surface area contributed by atoms with E-state index in [2.05, 4.69) is 42.5 Å². The summed E-state index contributed by atoms with van der Waals surface area (Å²) < 4.78 is 5.34. The van der Waals surface area contributed by atoms with E-state index in [1.165, 1.54) is 0 Å². The largest absolute Gasteiger partial charge is 0.384 e. The third-order valence-electron chi connectivity index (χ3n) is 4.75. The zero-order valence-electron chi connectivity index (χ0n) is 15.5. The zero-order valence-corrected chi connectivity index (χ0v) is 17.1. The summed E-state index contributed by atoms with van der Waals surface area (Å²) in [4.78, 5) is 15.0. The van der Waals surface area contributed by atoms with Crippen LogP contribution in [0.15, 0.2) is 24.3 Å². The van der Waals surface area contributed by atoms with Gasteiger partial charge in [-0.15, -0.1) is 24.8 Å². The Hall–Kier alpha value is -1.01. The lowest BCUT2D eigenvalue weighted by Gasteiger charge is -2.35. The molecule has 0 bridgehead atoms. The highest BCUT2D eigenvalue weighted by Gasteiger charge is 2.39. The van der Waals surface area contributed by atoms with Crippen LogP contribution in [0, 0.1) is 5.41 Å². The number of methoxy groups -OCH3 is 1. The van der Waals surface area contributed by atoms with E-state index in [9.17, 15) is 4.79 Å². The second kappa shape index (κ2) is 10.9. The third kappa shape index (κ3) is 6.03. The van der Waals surface area contributed by atoms with Gasteiger partial charge >= 0.3 is 0 Å². The smallest absolute Gasteiger partial charge is 0.233 e. The number of anilines is 2. The van der Waals surface area contributed by atoms with E-state index in [0.717, 1.165) is 37.3 Å². The lowest BCUT2D eigenvalue weighted by molar-refractivity contribution is -0.130. The number of halogens is 2. The first-order valence-electron chi connectivity index (χ1n) is 8.32. The van der Waals surface area contributed by atoms with Crippen molar-refractivity contribution in [1.29, 1.82) is 0 Å². The molecule has 1 aromatic carbocycles. The SMILES string of the molecule is COCC1(C(=O)Nc2cccc(N(C)C(C)C)c2)CCNCC1.Cl.Cl. The minimum atomic E-state index is -0.431. The van der Waals surface area contributed by atoms with Crippen LogP contribution in [0.25, 0.3) is 0 Å². The second-order valence-electron chi connectivity index (χ2n) is 6.67. The summed E-state index contributed by atoms with van der Waals surface area (Å²) in [5.41, 5.74) is 1.51. The summed E-state index contributed by atoms with van der Waals surface area (Å²) in [5, 5.41) is 6.41. The Morgan fingerprint density at radius 1 is 1.32 bits per heavy atom. The lowest BCUT2D eigenvalue weighted by Crippen LogP contribution is -2.47. The normalized spacial score (nSPS) is 15.7. The van der Waals surface area contributed by atoms with E-state index in [1.807, 2.05) is 18.2 Å². The molecule has 0 radical (unpaired) electrons. The monoisotopic (exact) mass is 391 g/mol. The number of rotatable bonds is 6. The van der Waals surface area contributed by atoms with Gasteiger partial charge in [-0.3, -0.25) is 4.79 Å². The van der Waals surface area contributed by atoms with Crippen LogP contribution in [0.3, 0.4) is 0 Å². The van der Waals surface area contributed by atoms with Gasteiger partial charge in [0.1, 0.15) is 0 Å². The fourth-order valence-electron chi connectivity index (χ4n) is 2.98. The van der Waals surface area contributed by atoms with Gasteiger partial charge in [0.25, 0.3) is 0 Å². The molecule has 1 aliphatic heterocycles. The minimum absolute atomic E-state index is 0. The Morgan fingerprint density at radius 2 is 1.96 bits per heavy atom. The summed E-state index contributed by atoms with van der Waals surface area (Å²) >= 11 is 0. The molecule has 0 spiro atoms. The maximum absolute atomic E-state index is 12.9. The minimum Gasteiger partial charge on any atom is -0.384 e. The van der Waals surface area contributed by atoms with Crippen LogP contribution < -0.4 is 15.5 Å². The van der Waals surface area contributed by atoms with Gasteiger partial charge in [-0.25, -0.2) is 0 Å². The van der Waals surface area contributed by atoms with Crippen LogP contribution in [0.5, 0.6) is 0 Å². The van der Waals surface area contributed by atoms with Crippen LogP contribution in [-0.4, -0.2) is 45.8 Å². The van der Waals surface area contributed by atoms with E-state index in [-0.39, 0.29) is 30.7 Å². The summed E-state index contributed by atoms with van der Waals surface area (Å²) in [6.07, 6.45) is 1.61. The van der Waals surface area contributed by atoms with Gasteiger partial charge in [-0.05, 0) is 58.0 Å². The number of carbonyl (C=O) groups excluding carboxylic acids is 1. The molecule has 144 valence electrons. The van der Waals surface area contributed by atoms with E-state index in [4.69, 9.17) is 4.74 Å². The van der Waals surface area contributed by atoms with Crippen molar-refractivity contribution in [1.82, 2.24) is 5.32 Å². The van der Waals surface area contributed by atoms with Crippen LogP contribution in [0.2, 0.25) is 0 Å². The maximum Gasteiger partial charge on any atom is 0.233 e. The Kier molecular flexibility index (Phi) is 10.4. The number of amides is 1. The number of ether oxygens (including phenoxy) is 1. The van der Waals surface area contributed by atoms with Gasteiger partial charge in [-0.2, -0.15) is 0 Å². The number of carbonyl (C=O) groups is 1. The number of nitrogens with zero attached hydrogens (tertiary/aromatic N) is 1. The van der Waals surface area contributed by atoms with Gasteiger partial charge in [0.15, 0.2) is 0 Å². The van der Waals surface area contributed by atoms with Crippen molar-refractivity contribution in [2.45, 2.75) is 32.7 Å². The molecule has 1 heterocycles. The fraction of sp³-hybridized carbons (Fsp3) is 0.611. The zero-order chi connectivity index (χ0) is 16.9. The third-order valence-corrected chi connectivity index (χ3v) is 4.75. The van der Waals surface area contributed by atoms with Crippen LogP contribution in [-0.2, 0) is 9.53 Å². The van der Waals surface area contributed by atoms with Crippen molar-refractivity contribution >= 4 is 42.1 Å². The van der Waals surface area contributed by atoms with Crippen molar-refractivity contribution in [3.8, 4) is 0 Å². The second-order valence-corrected chi connectivity index (χ2v) is 6.67. The number of hydrogen-bond donors (Lipinski definition) is 2. The molecule has 1 saturated heterocycles. The van der Waals surface area contributed by atoms with Gasteiger partial charge in [-0.1, -0.05) is 6.07 Å².